The lowest BCUT2D eigenvalue weighted by molar-refractivity contribution is 0.301. The van der Waals surface area contributed by atoms with Gasteiger partial charge in [-0.05, 0) is 40.8 Å². The molecule has 0 amide bonds. The molecule has 106 valence electrons. The molecule has 0 aromatic heterocycles. The molecular formula is C14H14BrNO3S. The van der Waals surface area contributed by atoms with E-state index in [1.807, 2.05) is 18.2 Å². The third-order valence-corrected chi connectivity index (χ3v) is 5.79. The van der Waals surface area contributed by atoms with Gasteiger partial charge in [0, 0.05) is 11.0 Å². The molecule has 0 radical (unpaired) electrons. The summed E-state index contributed by atoms with van der Waals surface area (Å²) in [7, 11) is -3.59. The number of benzene rings is 2. The van der Waals surface area contributed by atoms with Gasteiger partial charge in [-0.15, -0.1) is 0 Å². The highest BCUT2D eigenvalue weighted by Gasteiger charge is 2.25. The largest absolute Gasteiger partial charge is 0.395 e. The van der Waals surface area contributed by atoms with Crippen LogP contribution in [0.3, 0.4) is 0 Å². The van der Waals surface area contributed by atoms with Crippen LogP contribution in [0.2, 0.25) is 0 Å². The summed E-state index contributed by atoms with van der Waals surface area (Å²) in [6, 6.07) is 7.69. The van der Waals surface area contributed by atoms with E-state index >= 15 is 0 Å². The van der Waals surface area contributed by atoms with E-state index in [1.165, 1.54) is 5.56 Å². The van der Waals surface area contributed by atoms with Crippen molar-refractivity contribution in [3.8, 4) is 0 Å². The minimum atomic E-state index is -3.59. The molecule has 0 bridgehead atoms. The third-order valence-electron chi connectivity index (χ3n) is 3.60. The highest BCUT2D eigenvalue weighted by atomic mass is 79.9. The number of aryl methyl sites for hydroxylation is 2. The predicted octanol–water partition coefficient (Wildman–Crippen LogP) is 1.97. The van der Waals surface area contributed by atoms with E-state index < -0.39 is 10.0 Å². The van der Waals surface area contributed by atoms with Crippen molar-refractivity contribution in [1.82, 2.24) is 4.72 Å². The van der Waals surface area contributed by atoms with Gasteiger partial charge in [0.1, 0.15) is 0 Å². The van der Waals surface area contributed by atoms with Crippen LogP contribution < -0.4 is 4.72 Å². The van der Waals surface area contributed by atoms with E-state index in [9.17, 15) is 8.42 Å². The molecule has 6 heteroatoms. The van der Waals surface area contributed by atoms with Gasteiger partial charge in [0.15, 0.2) is 0 Å². The zero-order chi connectivity index (χ0) is 14.3. The maximum Gasteiger partial charge on any atom is 0.240 e. The van der Waals surface area contributed by atoms with Crippen LogP contribution in [0.25, 0.3) is 10.8 Å². The molecule has 0 saturated heterocycles. The average Bonchev–Trinajstić information content (AvgIpc) is 2.85. The first-order valence-electron chi connectivity index (χ1n) is 6.38. The van der Waals surface area contributed by atoms with Crippen LogP contribution in [-0.4, -0.2) is 26.7 Å². The van der Waals surface area contributed by atoms with Crippen molar-refractivity contribution in [3.05, 3.63) is 39.9 Å². The fourth-order valence-electron chi connectivity index (χ4n) is 2.77. The molecule has 1 aliphatic carbocycles. The first-order chi connectivity index (χ1) is 9.54. The van der Waals surface area contributed by atoms with Crippen molar-refractivity contribution >= 4 is 36.7 Å². The lowest BCUT2D eigenvalue weighted by Crippen LogP contribution is -2.27. The van der Waals surface area contributed by atoms with E-state index in [0.29, 0.717) is 4.90 Å². The van der Waals surface area contributed by atoms with Gasteiger partial charge < -0.3 is 5.11 Å². The zero-order valence-electron chi connectivity index (χ0n) is 10.7. The van der Waals surface area contributed by atoms with E-state index in [1.54, 1.807) is 6.07 Å². The second-order valence-electron chi connectivity index (χ2n) is 4.80. The SMILES string of the molecule is O=S(=O)(NCCO)c1cc(Br)c2cccc3c2c1CC3. The maximum atomic E-state index is 12.3. The van der Waals surface area contributed by atoms with Crippen LogP contribution in [0.1, 0.15) is 11.1 Å². The average molecular weight is 356 g/mol. The van der Waals surface area contributed by atoms with E-state index in [0.717, 1.165) is 33.7 Å². The van der Waals surface area contributed by atoms with Gasteiger partial charge in [0.2, 0.25) is 10.0 Å². The Hall–Kier alpha value is -0.950. The second-order valence-corrected chi connectivity index (χ2v) is 7.39. The molecule has 20 heavy (non-hydrogen) atoms. The number of sulfonamides is 1. The number of hydrogen-bond donors (Lipinski definition) is 2. The summed E-state index contributed by atoms with van der Waals surface area (Å²) in [5.41, 5.74) is 2.07. The summed E-state index contributed by atoms with van der Waals surface area (Å²) in [6.45, 7) is -0.187. The maximum absolute atomic E-state index is 12.3. The Balaban J connectivity index is 2.26. The second kappa shape index (κ2) is 5.11. The Morgan fingerprint density at radius 1 is 1.30 bits per heavy atom. The smallest absolute Gasteiger partial charge is 0.240 e. The number of aliphatic hydroxyl groups is 1. The highest BCUT2D eigenvalue weighted by molar-refractivity contribution is 9.10. The van der Waals surface area contributed by atoms with E-state index in [2.05, 4.69) is 20.7 Å². The van der Waals surface area contributed by atoms with Gasteiger partial charge in [-0.25, -0.2) is 13.1 Å². The summed E-state index contributed by atoms with van der Waals surface area (Å²) in [5, 5.41) is 10.9. The zero-order valence-corrected chi connectivity index (χ0v) is 13.1. The Morgan fingerprint density at radius 3 is 2.85 bits per heavy atom. The van der Waals surface area contributed by atoms with Crippen molar-refractivity contribution < 1.29 is 13.5 Å². The fourth-order valence-corrected chi connectivity index (χ4v) is 4.80. The van der Waals surface area contributed by atoms with Crippen molar-refractivity contribution in [3.63, 3.8) is 0 Å². The number of aliphatic hydroxyl groups excluding tert-OH is 1. The third kappa shape index (κ3) is 2.16. The number of halogens is 1. The Kier molecular flexibility index (Phi) is 3.58. The van der Waals surface area contributed by atoms with Crippen LogP contribution in [0.5, 0.6) is 0 Å². The van der Waals surface area contributed by atoms with Gasteiger partial charge in [-0.2, -0.15) is 0 Å². The molecule has 0 aliphatic heterocycles. The summed E-state index contributed by atoms with van der Waals surface area (Å²) in [4.78, 5) is 0.315. The quantitative estimate of drug-likeness (QED) is 0.880. The molecular weight excluding hydrogens is 342 g/mol. The van der Waals surface area contributed by atoms with Crippen molar-refractivity contribution in [2.75, 3.05) is 13.2 Å². The standard InChI is InChI=1S/C14H14BrNO3S/c15-12-8-13(20(18,19)16-6-7-17)11-5-4-9-2-1-3-10(12)14(9)11/h1-3,8,16-17H,4-7H2. The summed E-state index contributed by atoms with van der Waals surface area (Å²) >= 11 is 3.46. The number of rotatable bonds is 4. The van der Waals surface area contributed by atoms with Crippen LogP contribution in [0.4, 0.5) is 0 Å². The minimum Gasteiger partial charge on any atom is -0.395 e. The molecule has 3 rings (SSSR count). The van der Waals surface area contributed by atoms with E-state index in [-0.39, 0.29) is 13.2 Å². The molecule has 2 N–H and O–H groups in total. The first kappa shape index (κ1) is 14.0. The lowest BCUT2D eigenvalue weighted by Gasteiger charge is -2.12. The number of nitrogens with one attached hydrogen (secondary N) is 1. The highest BCUT2D eigenvalue weighted by Crippen LogP contribution is 2.38. The lowest BCUT2D eigenvalue weighted by atomic mass is 10.1. The van der Waals surface area contributed by atoms with Gasteiger partial charge in [-0.1, -0.05) is 34.1 Å². The number of hydrogen-bond acceptors (Lipinski definition) is 3. The summed E-state index contributed by atoms with van der Waals surface area (Å²) in [6.07, 6.45) is 1.60. The molecule has 0 atom stereocenters. The molecule has 4 nitrogen and oxygen atoms in total. The first-order valence-corrected chi connectivity index (χ1v) is 8.65. The van der Waals surface area contributed by atoms with Crippen LogP contribution in [0.15, 0.2) is 33.6 Å². The summed E-state index contributed by atoms with van der Waals surface area (Å²) < 4.78 is 27.9. The van der Waals surface area contributed by atoms with E-state index in [4.69, 9.17) is 5.11 Å². The van der Waals surface area contributed by atoms with Crippen LogP contribution >= 0.6 is 15.9 Å². The predicted molar refractivity (Wildman–Crippen MR) is 81.3 cm³/mol. The van der Waals surface area contributed by atoms with Crippen molar-refractivity contribution in [2.45, 2.75) is 17.7 Å². The Morgan fingerprint density at radius 2 is 2.10 bits per heavy atom. The van der Waals surface area contributed by atoms with Crippen LogP contribution in [0, 0.1) is 0 Å². The minimum absolute atomic E-state index is 0.0269. The monoisotopic (exact) mass is 355 g/mol. The molecule has 0 unspecified atom stereocenters. The van der Waals surface area contributed by atoms with Crippen molar-refractivity contribution in [1.29, 1.82) is 0 Å². The molecule has 2 aromatic carbocycles. The van der Waals surface area contributed by atoms with Crippen LogP contribution in [-0.2, 0) is 22.9 Å². The summed E-state index contributed by atoms with van der Waals surface area (Å²) in [5.74, 6) is 0. The Bertz CT molecular complexity index is 787. The van der Waals surface area contributed by atoms with Gasteiger partial charge in [-0.3, -0.25) is 0 Å². The van der Waals surface area contributed by atoms with Gasteiger partial charge in [0.05, 0.1) is 11.5 Å². The molecule has 1 aliphatic rings. The molecule has 0 heterocycles. The van der Waals surface area contributed by atoms with Crippen molar-refractivity contribution in [2.24, 2.45) is 0 Å². The van der Waals surface area contributed by atoms with Gasteiger partial charge >= 0.3 is 0 Å². The fraction of sp³-hybridized carbons (Fsp3) is 0.286. The normalized spacial score (nSPS) is 14.1. The molecule has 0 spiro atoms. The van der Waals surface area contributed by atoms with Gasteiger partial charge in [0.25, 0.3) is 0 Å². The molecule has 2 aromatic rings. The Labute approximate surface area is 126 Å². The topological polar surface area (TPSA) is 66.4 Å². The molecule has 0 fully saturated rings. The molecule has 0 saturated carbocycles.